The Bertz CT molecular complexity index is 1660. The van der Waals surface area contributed by atoms with Crippen LogP contribution in [0.3, 0.4) is 0 Å². The van der Waals surface area contributed by atoms with Crippen molar-refractivity contribution in [3.63, 3.8) is 0 Å². The predicted octanol–water partition coefficient (Wildman–Crippen LogP) is 4.56. The Morgan fingerprint density at radius 2 is 1.67 bits per heavy atom. The zero-order valence-electron chi connectivity index (χ0n) is 22.9. The molecule has 3 amide bonds. The summed E-state index contributed by atoms with van der Waals surface area (Å²) in [5, 5.41) is 0.939. The van der Waals surface area contributed by atoms with Crippen LogP contribution in [0, 0.1) is 17.5 Å². The second-order valence-electron chi connectivity index (χ2n) is 10.3. The van der Waals surface area contributed by atoms with E-state index in [1.54, 1.807) is 42.5 Å². The summed E-state index contributed by atoms with van der Waals surface area (Å²) in [5.41, 5.74) is 6.60. The van der Waals surface area contributed by atoms with Crippen molar-refractivity contribution in [2.45, 2.75) is 31.3 Å². The van der Waals surface area contributed by atoms with Crippen molar-refractivity contribution in [1.29, 1.82) is 0 Å². The molecule has 4 aromatic rings. The van der Waals surface area contributed by atoms with Crippen LogP contribution in [-0.4, -0.2) is 45.2 Å². The van der Waals surface area contributed by atoms with E-state index in [-0.39, 0.29) is 29.1 Å². The number of amides is 3. The molecule has 0 aliphatic carbocycles. The third kappa shape index (κ3) is 6.26. The van der Waals surface area contributed by atoms with Crippen LogP contribution in [0.15, 0.2) is 85.1 Å². The summed E-state index contributed by atoms with van der Waals surface area (Å²) in [4.78, 5) is 45.1. The highest BCUT2D eigenvalue weighted by molar-refractivity contribution is 5.98. The van der Waals surface area contributed by atoms with Gasteiger partial charge in [-0.3, -0.25) is 24.4 Å². The fourth-order valence-electron chi connectivity index (χ4n) is 5.43. The topological polar surface area (TPSA) is 123 Å². The largest absolute Gasteiger partial charge is 0.366 e. The highest BCUT2D eigenvalue weighted by atomic mass is 19.1. The number of hydrogen-bond donors (Lipinski definition) is 2. The van der Waals surface area contributed by atoms with Gasteiger partial charge in [-0.2, -0.15) is 0 Å². The van der Waals surface area contributed by atoms with Crippen LogP contribution in [0.25, 0.3) is 11.1 Å². The molecule has 220 valence electrons. The van der Waals surface area contributed by atoms with E-state index in [1.807, 2.05) is 0 Å². The number of benzene rings is 3. The first-order chi connectivity index (χ1) is 20.6. The molecule has 5 rings (SSSR count). The minimum absolute atomic E-state index is 0.149. The maximum absolute atomic E-state index is 14.3. The van der Waals surface area contributed by atoms with E-state index in [4.69, 9.17) is 11.6 Å². The van der Waals surface area contributed by atoms with Gasteiger partial charge in [0.15, 0.2) is 0 Å². The maximum atomic E-state index is 14.3. The maximum Gasteiger partial charge on any atom is 0.259 e. The van der Waals surface area contributed by atoms with Crippen LogP contribution in [0.2, 0.25) is 0 Å². The fourth-order valence-corrected chi connectivity index (χ4v) is 5.43. The van der Waals surface area contributed by atoms with E-state index in [2.05, 4.69) is 4.98 Å². The Labute approximate surface area is 245 Å². The Morgan fingerprint density at radius 3 is 2.37 bits per heavy atom. The smallest absolute Gasteiger partial charge is 0.259 e. The van der Waals surface area contributed by atoms with Crippen molar-refractivity contribution in [1.82, 2.24) is 14.9 Å². The Hall–Kier alpha value is -5.03. The molecule has 2 atom stereocenters. The molecule has 2 unspecified atom stereocenters. The van der Waals surface area contributed by atoms with Crippen LogP contribution < -0.4 is 11.6 Å². The second-order valence-corrected chi connectivity index (χ2v) is 10.3. The van der Waals surface area contributed by atoms with E-state index in [0.29, 0.717) is 36.1 Å². The van der Waals surface area contributed by atoms with Gasteiger partial charge >= 0.3 is 0 Å². The third-order valence-corrected chi connectivity index (χ3v) is 7.46. The Morgan fingerprint density at radius 1 is 0.953 bits per heavy atom. The highest BCUT2D eigenvalue weighted by Gasteiger charge is 2.39. The molecule has 0 spiro atoms. The molecule has 4 N–H and O–H groups in total. The van der Waals surface area contributed by atoms with Crippen molar-refractivity contribution >= 4 is 17.7 Å². The number of carbonyl (C=O) groups is 3. The van der Waals surface area contributed by atoms with Crippen LogP contribution >= 0.6 is 0 Å². The van der Waals surface area contributed by atoms with E-state index in [9.17, 15) is 27.6 Å². The van der Waals surface area contributed by atoms with E-state index < -0.39 is 41.3 Å². The number of likely N-dealkylation sites (tertiary alicyclic amines) is 1. The molecule has 1 aliphatic heterocycles. The summed E-state index contributed by atoms with van der Waals surface area (Å²) in [7, 11) is 0. The fraction of sp³-hybridized carbons (Fsp3) is 0.188. The van der Waals surface area contributed by atoms with Crippen LogP contribution in [0.1, 0.15) is 50.9 Å². The van der Waals surface area contributed by atoms with Gasteiger partial charge in [0, 0.05) is 36.4 Å². The van der Waals surface area contributed by atoms with E-state index in [0.717, 1.165) is 29.3 Å². The molecular formula is C32H28F3N5O3. The van der Waals surface area contributed by atoms with Crippen molar-refractivity contribution < 1.29 is 27.6 Å². The standard InChI is InChI=1S/C32H28F3N5O3/c33-22-14-19(15-23(34)18-22)16-28(29-24(8-4-12-38-29)21-10-11-26(35)25(17-21)30(36)41)40(37)32(43)27-9-5-13-39(27)31(42)20-6-2-1-3-7-20/h1-4,6-8,10-12,14-15,17-18,27-28H,5,9,13,16,37H2,(H2,36,41). The molecule has 0 saturated carbocycles. The molecule has 1 saturated heterocycles. The first-order valence-electron chi connectivity index (χ1n) is 13.6. The minimum Gasteiger partial charge on any atom is -0.366 e. The molecule has 1 aromatic heterocycles. The number of pyridine rings is 1. The number of nitrogens with zero attached hydrogens (tertiary/aromatic N) is 3. The summed E-state index contributed by atoms with van der Waals surface area (Å²) in [5.74, 6) is 2.21. The Kier molecular flexibility index (Phi) is 8.53. The second kappa shape index (κ2) is 12.5. The Balaban J connectivity index is 1.56. The number of rotatable bonds is 8. The summed E-state index contributed by atoms with van der Waals surface area (Å²) in [6, 6.07) is 16.6. The number of carbonyl (C=O) groups excluding carboxylic acids is 3. The lowest BCUT2D eigenvalue weighted by Gasteiger charge is -2.33. The zero-order valence-corrected chi connectivity index (χ0v) is 22.9. The number of hydrogen-bond acceptors (Lipinski definition) is 5. The minimum atomic E-state index is -1.08. The van der Waals surface area contributed by atoms with E-state index in [1.165, 1.54) is 23.2 Å². The van der Waals surface area contributed by atoms with Gasteiger partial charge < -0.3 is 10.6 Å². The average molecular weight is 588 g/mol. The molecule has 1 fully saturated rings. The number of primary amides is 1. The molecule has 1 aliphatic rings. The summed E-state index contributed by atoms with van der Waals surface area (Å²) in [6.45, 7) is 0.345. The first-order valence-corrected chi connectivity index (χ1v) is 13.6. The highest BCUT2D eigenvalue weighted by Crippen LogP contribution is 2.34. The van der Waals surface area contributed by atoms with Gasteiger partial charge in [0.05, 0.1) is 17.3 Å². The van der Waals surface area contributed by atoms with Crippen molar-refractivity contribution in [2.24, 2.45) is 11.6 Å². The predicted molar refractivity (Wildman–Crippen MR) is 152 cm³/mol. The zero-order chi connectivity index (χ0) is 30.7. The third-order valence-electron chi connectivity index (χ3n) is 7.46. The van der Waals surface area contributed by atoms with Gasteiger partial charge in [0.25, 0.3) is 17.7 Å². The van der Waals surface area contributed by atoms with Crippen molar-refractivity contribution in [3.05, 3.63) is 125 Å². The molecule has 0 bridgehead atoms. The molecule has 8 nitrogen and oxygen atoms in total. The SMILES string of the molecule is NC(=O)c1cc(-c2cccnc2C(Cc2cc(F)cc(F)c2)N(N)C(=O)C2CCCN2C(=O)c2ccccc2)ccc1F. The lowest BCUT2D eigenvalue weighted by Crippen LogP contribution is -2.52. The molecule has 0 radical (unpaired) electrons. The molecule has 2 heterocycles. The van der Waals surface area contributed by atoms with Gasteiger partial charge in [-0.05, 0) is 66.4 Å². The first kappa shape index (κ1) is 29.5. The lowest BCUT2D eigenvalue weighted by atomic mass is 9.93. The van der Waals surface area contributed by atoms with Gasteiger partial charge in [-0.25, -0.2) is 19.0 Å². The average Bonchev–Trinajstić information content (AvgIpc) is 3.49. The van der Waals surface area contributed by atoms with Gasteiger partial charge in [-0.1, -0.05) is 30.3 Å². The van der Waals surface area contributed by atoms with E-state index >= 15 is 0 Å². The molecule has 11 heteroatoms. The summed E-state index contributed by atoms with van der Waals surface area (Å²) < 4.78 is 42.7. The summed E-state index contributed by atoms with van der Waals surface area (Å²) in [6.07, 6.45) is 2.24. The number of halogens is 3. The molecule has 3 aromatic carbocycles. The van der Waals surface area contributed by atoms with Gasteiger partial charge in [0.2, 0.25) is 0 Å². The summed E-state index contributed by atoms with van der Waals surface area (Å²) >= 11 is 0. The van der Waals surface area contributed by atoms with Crippen LogP contribution in [0.4, 0.5) is 13.2 Å². The molecule has 43 heavy (non-hydrogen) atoms. The quantitative estimate of drug-likeness (QED) is 0.178. The lowest BCUT2D eigenvalue weighted by molar-refractivity contribution is -0.138. The van der Waals surface area contributed by atoms with Crippen molar-refractivity contribution in [2.75, 3.05) is 6.54 Å². The van der Waals surface area contributed by atoms with Crippen LogP contribution in [0.5, 0.6) is 0 Å². The van der Waals surface area contributed by atoms with Crippen LogP contribution in [-0.2, 0) is 11.2 Å². The number of aromatic nitrogens is 1. The monoisotopic (exact) mass is 587 g/mol. The van der Waals surface area contributed by atoms with Gasteiger partial charge in [-0.15, -0.1) is 0 Å². The van der Waals surface area contributed by atoms with Gasteiger partial charge in [0.1, 0.15) is 23.5 Å². The number of nitrogens with two attached hydrogens (primary N) is 2. The number of hydrazine groups is 1. The molecular weight excluding hydrogens is 559 g/mol. The normalized spacial score (nSPS) is 15.3. The van der Waals surface area contributed by atoms with Crippen molar-refractivity contribution in [3.8, 4) is 11.1 Å².